The van der Waals surface area contributed by atoms with Gasteiger partial charge in [-0.1, -0.05) is 23.9 Å². The Morgan fingerprint density at radius 3 is 2.78 bits per heavy atom. The maximum atomic E-state index is 12.3. The number of anilines is 1. The fraction of sp³-hybridized carbons (Fsp3) is 0.300. The molecule has 1 aliphatic carbocycles. The van der Waals surface area contributed by atoms with Gasteiger partial charge < -0.3 is 19.2 Å². The van der Waals surface area contributed by atoms with E-state index in [1.54, 1.807) is 0 Å². The number of benzene rings is 2. The lowest BCUT2D eigenvalue weighted by Crippen LogP contribution is -2.34. The van der Waals surface area contributed by atoms with E-state index in [4.69, 9.17) is 13.9 Å². The molecule has 0 radical (unpaired) electrons. The molecule has 1 fully saturated rings. The van der Waals surface area contributed by atoms with Crippen LogP contribution in [0.15, 0.2) is 52.1 Å². The van der Waals surface area contributed by atoms with E-state index < -0.39 is 5.79 Å². The van der Waals surface area contributed by atoms with E-state index in [0.717, 1.165) is 42.5 Å². The fourth-order valence-corrected chi connectivity index (χ4v) is 4.16. The molecule has 0 atom stereocenters. The quantitative estimate of drug-likeness (QED) is 0.665. The minimum atomic E-state index is -0.492. The first-order valence-electron chi connectivity index (χ1n) is 8.99. The number of hydrogen-bond acceptors (Lipinski definition) is 6. The SMILES string of the molecule is O=C(CSc1nc2ccccc2o1)Nc1ccc2c(c1)OC1(CCCC1)O2. The number of oxazole rings is 1. The van der Waals surface area contributed by atoms with Gasteiger partial charge in [0, 0.05) is 24.6 Å². The Labute approximate surface area is 160 Å². The molecule has 1 spiro atoms. The third kappa shape index (κ3) is 3.23. The number of nitrogens with zero attached hydrogens (tertiary/aromatic N) is 1. The summed E-state index contributed by atoms with van der Waals surface area (Å²) in [7, 11) is 0. The summed E-state index contributed by atoms with van der Waals surface area (Å²) in [5.74, 6) is 1.03. The van der Waals surface area contributed by atoms with Gasteiger partial charge in [0.15, 0.2) is 17.1 Å². The average molecular weight is 382 g/mol. The number of nitrogens with one attached hydrogen (secondary N) is 1. The van der Waals surface area contributed by atoms with Gasteiger partial charge in [0.05, 0.1) is 5.75 Å². The van der Waals surface area contributed by atoms with E-state index in [9.17, 15) is 4.79 Å². The van der Waals surface area contributed by atoms with E-state index in [1.165, 1.54) is 11.8 Å². The van der Waals surface area contributed by atoms with Crippen molar-refractivity contribution in [1.29, 1.82) is 0 Å². The third-order valence-corrected chi connectivity index (χ3v) is 5.61. The van der Waals surface area contributed by atoms with Crippen LogP contribution in [0.3, 0.4) is 0 Å². The predicted octanol–water partition coefficient (Wildman–Crippen LogP) is 4.60. The van der Waals surface area contributed by atoms with Crippen molar-refractivity contribution < 1.29 is 18.7 Å². The number of ether oxygens (including phenoxy) is 2. The average Bonchev–Trinajstić information content (AvgIpc) is 3.37. The second-order valence-corrected chi connectivity index (χ2v) is 7.69. The van der Waals surface area contributed by atoms with Crippen LogP contribution in [0.4, 0.5) is 5.69 Å². The highest BCUT2D eigenvalue weighted by Crippen LogP contribution is 2.47. The number of carbonyl (C=O) groups is 1. The summed E-state index contributed by atoms with van der Waals surface area (Å²) in [5.41, 5.74) is 2.20. The molecule has 138 valence electrons. The van der Waals surface area contributed by atoms with Gasteiger partial charge in [-0.05, 0) is 37.1 Å². The molecule has 5 rings (SSSR count). The number of amides is 1. The molecule has 6 nitrogen and oxygen atoms in total. The van der Waals surface area contributed by atoms with Crippen LogP contribution >= 0.6 is 11.8 Å². The molecule has 3 aromatic rings. The highest BCUT2D eigenvalue weighted by Gasteiger charge is 2.44. The van der Waals surface area contributed by atoms with Crippen molar-refractivity contribution in [3.8, 4) is 11.5 Å². The minimum absolute atomic E-state index is 0.128. The molecule has 2 aromatic carbocycles. The maximum absolute atomic E-state index is 12.3. The van der Waals surface area contributed by atoms with Gasteiger partial charge in [-0.2, -0.15) is 0 Å². The van der Waals surface area contributed by atoms with Crippen molar-refractivity contribution in [2.24, 2.45) is 0 Å². The Bertz CT molecular complexity index is 977. The van der Waals surface area contributed by atoms with Crippen molar-refractivity contribution in [2.75, 3.05) is 11.1 Å². The minimum Gasteiger partial charge on any atom is -0.448 e. The molecule has 2 aliphatic rings. The Balaban J connectivity index is 1.21. The first-order chi connectivity index (χ1) is 13.2. The van der Waals surface area contributed by atoms with Gasteiger partial charge in [-0.15, -0.1) is 0 Å². The van der Waals surface area contributed by atoms with E-state index in [2.05, 4.69) is 10.3 Å². The van der Waals surface area contributed by atoms with Crippen molar-refractivity contribution in [1.82, 2.24) is 4.98 Å². The standard InChI is InChI=1S/C20H18N2O4S/c23-18(12-27-19-22-14-5-1-2-6-15(14)24-19)21-13-7-8-16-17(11-13)26-20(25-16)9-3-4-10-20/h1-2,5-8,11H,3-4,9-10,12H2,(H,21,23). The molecule has 1 amide bonds. The second kappa shape index (κ2) is 6.49. The molecular weight excluding hydrogens is 364 g/mol. The maximum Gasteiger partial charge on any atom is 0.257 e. The monoisotopic (exact) mass is 382 g/mol. The van der Waals surface area contributed by atoms with E-state index in [1.807, 2.05) is 42.5 Å². The first kappa shape index (κ1) is 16.5. The zero-order valence-corrected chi connectivity index (χ0v) is 15.4. The van der Waals surface area contributed by atoms with Crippen molar-refractivity contribution in [2.45, 2.75) is 36.7 Å². The summed E-state index contributed by atoms with van der Waals surface area (Å²) in [6.45, 7) is 0. The molecule has 0 bridgehead atoms. The predicted molar refractivity (Wildman–Crippen MR) is 102 cm³/mol. The van der Waals surface area contributed by atoms with E-state index >= 15 is 0 Å². The molecule has 0 saturated heterocycles. The topological polar surface area (TPSA) is 73.6 Å². The van der Waals surface area contributed by atoms with Crippen LogP contribution in [0.25, 0.3) is 11.1 Å². The smallest absolute Gasteiger partial charge is 0.257 e. The molecule has 1 N–H and O–H groups in total. The van der Waals surface area contributed by atoms with Crippen molar-refractivity contribution in [3.63, 3.8) is 0 Å². The summed E-state index contributed by atoms with van der Waals surface area (Å²) in [4.78, 5) is 16.6. The molecule has 7 heteroatoms. The number of rotatable bonds is 4. The molecule has 0 unspecified atom stereocenters. The lowest BCUT2D eigenvalue weighted by Gasteiger charge is -2.21. The highest BCUT2D eigenvalue weighted by atomic mass is 32.2. The molecule has 1 aromatic heterocycles. The van der Waals surface area contributed by atoms with Crippen LogP contribution in [-0.4, -0.2) is 22.4 Å². The molecule has 2 heterocycles. The Hall–Kier alpha value is -2.67. The largest absolute Gasteiger partial charge is 0.448 e. The van der Waals surface area contributed by atoms with Crippen LogP contribution in [0, 0.1) is 0 Å². The number of thioether (sulfide) groups is 1. The Kier molecular flexibility index (Phi) is 3.97. The summed E-state index contributed by atoms with van der Waals surface area (Å²) in [5, 5.41) is 3.38. The third-order valence-electron chi connectivity index (χ3n) is 4.79. The number of fused-ring (bicyclic) bond motifs is 2. The first-order valence-corrected chi connectivity index (χ1v) is 9.98. The molecule has 1 aliphatic heterocycles. The van der Waals surface area contributed by atoms with Gasteiger partial charge >= 0.3 is 0 Å². The summed E-state index contributed by atoms with van der Waals surface area (Å²) < 4.78 is 17.6. The zero-order valence-electron chi connectivity index (χ0n) is 14.6. The lowest BCUT2D eigenvalue weighted by molar-refractivity contribution is -0.113. The van der Waals surface area contributed by atoms with Crippen LogP contribution < -0.4 is 14.8 Å². The zero-order chi connectivity index (χ0) is 18.3. The number of para-hydroxylation sites is 2. The van der Waals surface area contributed by atoms with Gasteiger partial charge in [0.25, 0.3) is 11.0 Å². The summed E-state index contributed by atoms with van der Waals surface area (Å²) >= 11 is 1.27. The van der Waals surface area contributed by atoms with Crippen molar-refractivity contribution >= 4 is 34.5 Å². The molecule has 1 saturated carbocycles. The van der Waals surface area contributed by atoms with Gasteiger partial charge in [0.2, 0.25) is 5.91 Å². The summed E-state index contributed by atoms with van der Waals surface area (Å²) in [6, 6.07) is 13.0. The fourth-order valence-electron chi connectivity index (χ4n) is 3.53. The van der Waals surface area contributed by atoms with Crippen molar-refractivity contribution in [3.05, 3.63) is 42.5 Å². The normalized spacial score (nSPS) is 16.9. The highest BCUT2D eigenvalue weighted by molar-refractivity contribution is 7.99. The van der Waals surface area contributed by atoms with Gasteiger partial charge in [-0.25, -0.2) is 4.98 Å². The van der Waals surface area contributed by atoms with E-state index in [-0.39, 0.29) is 11.7 Å². The van der Waals surface area contributed by atoms with Gasteiger partial charge in [0.1, 0.15) is 5.52 Å². The van der Waals surface area contributed by atoms with E-state index in [0.29, 0.717) is 16.7 Å². The second-order valence-electron chi connectivity index (χ2n) is 6.77. The van der Waals surface area contributed by atoms with Gasteiger partial charge in [-0.3, -0.25) is 4.79 Å². The summed E-state index contributed by atoms with van der Waals surface area (Å²) in [6.07, 6.45) is 4.05. The number of aromatic nitrogens is 1. The Morgan fingerprint density at radius 2 is 1.93 bits per heavy atom. The number of hydrogen-bond donors (Lipinski definition) is 1. The number of carbonyl (C=O) groups excluding carboxylic acids is 1. The Morgan fingerprint density at radius 1 is 1.11 bits per heavy atom. The van der Waals surface area contributed by atoms with Crippen LogP contribution in [0.5, 0.6) is 11.5 Å². The van der Waals surface area contributed by atoms with Crippen LogP contribution in [-0.2, 0) is 4.79 Å². The lowest BCUT2D eigenvalue weighted by atomic mass is 10.2. The molecule has 27 heavy (non-hydrogen) atoms. The molecular formula is C20H18N2O4S. The van der Waals surface area contributed by atoms with Crippen LogP contribution in [0.1, 0.15) is 25.7 Å². The van der Waals surface area contributed by atoms with Crippen LogP contribution in [0.2, 0.25) is 0 Å².